The quantitative estimate of drug-likeness (QED) is 0.437. The van der Waals surface area contributed by atoms with Gasteiger partial charge in [0, 0.05) is 11.3 Å². The summed E-state index contributed by atoms with van der Waals surface area (Å²) in [6.45, 7) is 2.03. The summed E-state index contributed by atoms with van der Waals surface area (Å²) in [5.41, 5.74) is 8.33. The Hall–Kier alpha value is -1.51. The number of anilines is 1. The van der Waals surface area contributed by atoms with E-state index in [1.165, 1.54) is 0 Å². The fraction of sp³-hybridized carbons (Fsp3) is 0.300. The van der Waals surface area contributed by atoms with Gasteiger partial charge in [-0.15, -0.1) is 0 Å². The summed E-state index contributed by atoms with van der Waals surface area (Å²) in [6, 6.07) is 7.62. The fourth-order valence-electron chi connectivity index (χ4n) is 1.15. The van der Waals surface area contributed by atoms with Gasteiger partial charge in [0.05, 0.1) is 5.71 Å². The number of rotatable bonds is 3. The number of hydrogen-bond acceptors (Lipinski definition) is 3. The third kappa shape index (κ3) is 2.47. The highest BCUT2D eigenvalue weighted by atomic mass is 16.6. The maximum Gasteiger partial charge on any atom is 0.106 e. The predicted octanol–water partition coefficient (Wildman–Crippen LogP) is 2.03. The van der Waals surface area contributed by atoms with Crippen molar-refractivity contribution in [3.8, 4) is 0 Å². The third-order valence-corrected chi connectivity index (χ3v) is 1.76. The van der Waals surface area contributed by atoms with E-state index in [9.17, 15) is 0 Å². The molecule has 0 aromatic heterocycles. The van der Waals surface area contributed by atoms with E-state index in [1.54, 1.807) is 7.11 Å². The van der Waals surface area contributed by atoms with Crippen LogP contribution in [0.1, 0.15) is 18.9 Å². The summed E-state index contributed by atoms with van der Waals surface area (Å²) < 4.78 is 0. The minimum absolute atomic E-state index is 0.745. The van der Waals surface area contributed by atoms with Crippen LogP contribution in [0.5, 0.6) is 0 Å². The van der Waals surface area contributed by atoms with Crippen molar-refractivity contribution in [2.24, 2.45) is 5.16 Å². The Kier molecular flexibility index (Phi) is 3.31. The van der Waals surface area contributed by atoms with Crippen LogP contribution in [0.2, 0.25) is 0 Å². The second kappa shape index (κ2) is 4.50. The smallest absolute Gasteiger partial charge is 0.106 e. The van der Waals surface area contributed by atoms with Crippen molar-refractivity contribution in [1.29, 1.82) is 0 Å². The molecular weight excluding hydrogens is 164 g/mol. The third-order valence-electron chi connectivity index (χ3n) is 1.76. The van der Waals surface area contributed by atoms with Gasteiger partial charge in [-0.2, -0.15) is 0 Å². The van der Waals surface area contributed by atoms with Crippen molar-refractivity contribution in [1.82, 2.24) is 0 Å². The zero-order chi connectivity index (χ0) is 9.68. The zero-order valence-electron chi connectivity index (χ0n) is 7.95. The summed E-state index contributed by atoms with van der Waals surface area (Å²) in [4.78, 5) is 4.74. The topological polar surface area (TPSA) is 47.6 Å². The van der Waals surface area contributed by atoms with Gasteiger partial charge in [-0.05, 0) is 18.6 Å². The average Bonchev–Trinajstić information content (AvgIpc) is 2.14. The predicted molar refractivity (Wildman–Crippen MR) is 54.7 cm³/mol. The standard InChI is InChI=1S/C10H14N2O/c1-3-10(12-13-2)8-5-4-6-9(11)7-8/h4-7H,3,11H2,1-2H3/b12-10-. The first-order chi connectivity index (χ1) is 6.27. The second-order valence-corrected chi connectivity index (χ2v) is 2.70. The summed E-state index contributed by atoms with van der Waals surface area (Å²) in [6.07, 6.45) is 0.831. The van der Waals surface area contributed by atoms with Gasteiger partial charge in [-0.25, -0.2) is 0 Å². The maximum atomic E-state index is 5.65. The molecule has 1 aromatic carbocycles. The van der Waals surface area contributed by atoms with Gasteiger partial charge in [0.15, 0.2) is 0 Å². The highest BCUT2D eigenvalue weighted by Crippen LogP contribution is 2.09. The van der Waals surface area contributed by atoms with Crippen LogP contribution in [-0.4, -0.2) is 12.8 Å². The lowest BCUT2D eigenvalue weighted by Crippen LogP contribution is -2.00. The van der Waals surface area contributed by atoms with Gasteiger partial charge in [0.1, 0.15) is 7.11 Å². The van der Waals surface area contributed by atoms with E-state index in [-0.39, 0.29) is 0 Å². The van der Waals surface area contributed by atoms with Crippen molar-refractivity contribution < 1.29 is 4.84 Å². The van der Waals surface area contributed by atoms with Crippen molar-refractivity contribution in [2.75, 3.05) is 12.8 Å². The summed E-state index contributed by atoms with van der Waals surface area (Å²) in [7, 11) is 1.54. The van der Waals surface area contributed by atoms with Crippen LogP contribution < -0.4 is 5.73 Å². The Balaban J connectivity index is 2.98. The molecule has 0 aliphatic rings. The first-order valence-electron chi connectivity index (χ1n) is 4.24. The molecule has 0 spiro atoms. The Morgan fingerprint density at radius 3 is 2.85 bits per heavy atom. The van der Waals surface area contributed by atoms with Crippen LogP contribution in [-0.2, 0) is 4.84 Å². The summed E-state index contributed by atoms with van der Waals surface area (Å²) >= 11 is 0. The van der Waals surface area contributed by atoms with Gasteiger partial charge >= 0.3 is 0 Å². The van der Waals surface area contributed by atoms with Crippen molar-refractivity contribution in [2.45, 2.75) is 13.3 Å². The van der Waals surface area contributed by atoms with Gasteiger partial charge in [0.25, 0.3) is 0 Å². The molecule has 0 aliphatic heterocycles. The Morgan fingerprint density at radius 2 is 2.31 bits per heavy atom. The normalized spacial score (nSPS) is 11.4. The first kappa shape index (κ1) is 9.58. The molecule has 0 atom stereocenters. The fourth-order valence-corrected chi connectivity index (χ4v) is 1.15. The van der Waals surface area contributed by atoms with Gasteiger partial charge in [0.2, 0.25) is 0 Å². The molecule has 0 amide bonds. The van der Waals surface area contributed by atoms with E-state index in [0.717, 1.165) is 23.4 Å². The highest BCUT2D eigenvalue weighted by molar-refractivity contribution is 6.00. The van der Waals surface area contributed by atoms with Crippen LogP contribution in [0, 0.1) is 0 Å². The summed E-state index contributed by atoms with van der Waals surface area (Å²) in [5.74, 6) is 0. The number of hydrogen-bond donors (Lipinski definition) is 1. The Morgan fingerprint density at radius 1 is 1.54 bits per heavy atom. The minimum Gasteiger partial charge on any atom is -0.399 e. The monoisotopic (exact) mass is 178 g/mol. The van der Waals surface area contributed by atoms with E-state index >= 15 is 0 Å². The largest absolute Gasteiger partial charge is 0.399 e. The molecule has 70 valence electrons. The molecule has 0 saturated carbocycles. The molecule has 13 heavy (non-hydrogen) atoms. The van der Waals surface area contributed by atoms with E-state index in [2.05, 4.69) is 5.16 Å². The van der Waals surface area contributed by atoms with E-state index < -0.39 is 0 Å². The molecule has 0 heterocycles. The molecule has 3 heteroatoms. The van der Waals surface area contributed by atoms with Crippen LogP contribution in [0.4, 0.5) is 5.69 Å². The second-order valence-electron chi connectivity index (χ2n) is 2.70. The van der Waals surface area contributed by atoms with E-state index in [1.807, 2.05) is 31.2 Å². The van der Waals surface area contributed by atoms with Gasteiger partial charge in [-0.3, -0.25) is 0 Å². The number of nitrogens with zero attached hydrogens (tertiary/aromatic N) is 1. The first-order valence-corrected chi connectivity index (χ1v) is 4.24. The number of nitrogens with two attached hydrogens (primary N) is 1. The minimum atomic E-state index is 0.745. The molecule has 1 rings (SSSR count). The lowest BCUT2D eigenvalue weighted by molar-refractivity contribution is 0.213. The van der Waals surface area contributed by atoms with Gasteiger partial charge in [-0.1, -0.05) is 24.2 Å². The molecule has 0 radical (unpaired) electrons. The van der Waals surface area contributed by atoms with Crippen LogP contribution in [0.15, 0.2) is 29.4 Å². The SMILES string of the molecule is CC/C(=N/OC)c1cccc(N)c1. The molecular formula is C10H14N2O. The Bertz CT molecular complexity index is 308. The molecule has 0 aliphatic carbocycles. The lowest BCUT2D eigenvalue weighted by atomic mass is 10.1. The maximum absolute atomic E-state index is 5.65. The molecule has 0 bridgehead atoms. The van der Waals surface area contributed by atoms with Gasteiger partial charge < -0.3 is 10.6 Å². The van der Waals surface area contributed by atoms with Crippen molar-refractivity contribution in [3.63, 3.8) is 0 Å². The number of nitrogen functional groups attached to an aromatic ring is 1. The molecule has 2 N–H and O–H groups in total. The number of oxime groups is 1. The Labute approximate surface area is 78.2 Å². The van der Waals surface area contributed by atoms with E-state index in [0.29, 0.717) is 0 Å². The molecule has 0 saturated heterocycles. The average molecular weight is 178 g/mol. The van der Waals surface area contributed by atoms with Crippen molar-refractivity contribution >= 4 is 11.4 Å². The van der Waals surface area contributed by atoms with Crippen LogP contribution in [0.3, 0.4) is 0 Å². The van der Waals surface area contributed by atoms with Crippen LogP contribution >= 0.6 is 0 Å². The van der Waals surface area contributed by atoms with E-state index in [4.69, 9.17) is 10.6 Å². The molecule has 0 fully saturated rings. The molecule has 1 aromatic rings. The van der Waals surface area contributed by atoms with Crippen molar-refractivity contribution in [3.05, 3.63) is 29.8 Å². The van der Waals surface area contributed by atoms with Crippen LogP contribution in [0.25, 0.3) is 0 Å². The zero-order valence-corrected chi connectivity index (χ0v) is 7.95. The highest BCUT2D eigenvalue weighted by Gasteiger charge is 2.01. The lowest BCUT2D eigenvalue weighted by Gasteiger charge is -2.03. The number of benzene rings is 1. The molecule has 0 unspecified atom stereocenters. The molecule has 3 nitrogen and oxygen atoms in total. The summed E-state index contributed by atoms with van der Waals surface area (Å²) in [5, 5.41) is 3.92.